The summed E-state index contributed by atoms with van der Waals surface area (Å²) >= 11 is 0. The molecule has 1 saturated carbocycles. The second-order valence-corrected chi connectivity index (χ2v) is 3.64. The van der Waals surface area contributed by atoms with Crippen LogP contribution in [0.2, 0.25) is 0 Å². The Morgan fingerprint density at radius 3 is 2.92 bits per heavy atom. The molecule has 2 heteroatoms. The van der Waals surface area contributed by atoms with Crippen LogP contribution < -0.4 is 0 Å². The maximum Gasteiger partial charge on any atom is 0.166 e. The zero-order valence-electron chi connectivity index (χ0n) is 6.95. The molecule has 0 spiro atoms. The quantitative estimate of drug-likeness (QED) is 0.508. The van der Waals surface area contributed by atoms with E-state index in [0.29, 0.717) is 12.3 Å². The van der Waals surface area contributed by atoms with Crippen molar-refractivity contribution in [2.45, 2.75) is 25.7 Å². The lowest BCUT2D eigenvalue weighted by Crippen LogP contribution is -2.35. The van der Waals surface area contributed by atoms with Gasteiger partial charge in [-0.3, -0.25) is 9.59 Å². The van der Waals surface area contributed by atoms with Gasteiger partial charge in [0.2, 0.25) is 0 Å². The van der Waals surface area contributed by atoms with Crippen molar-refractivity contribution in [2.24, 2.45) is 11.8 Å². The zero-order valence-corrected chi connectivity index (χ0v) is 6.95. The van der Waals surface area contributed by atoms with Gasteiger partial charge in [-0.05, 0) is 31.3 Å². The number of hydrogen-bond donors (Lipinski definition) is 0. The molecule has 0 saturated heterocycles. The number of hydrogen-bond acceptors (Lipinski definition) is 2. The Bertz CT molecular complexity index is 253. The number of fused-ring (bicyclic) bond motifs is 1. The average molecular weight is 164 g/mol. The molecule has 0 heterocycles. The number of allylic oxidation sites excluding steroid dienone is 2. The predicted molar refractivity (Wildman–Crippen MR) is 44.6 cm³/mol. The van der Waals surface area contributed by atoms with Gasteiger partial charge in [-0.2, -0.15) is 0 Å². The molecule has 1 fully saturated rings. The molecule has 2 atom stereocenters. The van der Waals surface area contributed by atoms with Crippen molar-refractivity contribution in [3.63, 3.8) is 0 Å². The van der Waals surface area contributed by atoms with Crippen LogP contribution >= 0.6 is 0 Å². The smallest absolute Gasteiger partial charge is 0.166 e. The maximum atomic E-state index is 11.4. The summed E-state index contributed by atoms with van der Waals surface area (Å²) in [5.74, 6) is 0.254. The van der Waals surface area contributed by atoms with Crippen molar-refractivity contribution in [3.8, 4) is 0 Å². The van der Waals surface area contributed by atoms with Gasteiger partial charge < -0.3 is 0 Å². The van der Waals surface area contributed by atoms with E-state index in [1.807, 2.05) is 6.08 Å². The summed E-state index contributed by atoms with van der Waals surface area (Å²) in [5.41, 5.74) is 0. The third-order valence-electron chi connectivity index (χ3n) is 2.84. The fraction of sp³-hybridized carbons (Fsp3) is 0.600. The van der Waals surface area contributed by atoms with Crippen LogP contribution in [0.4, 0.5) is 0 Å². The molecule has 2 aliphatic carbocycles. The van der Waals surface area contributed by atoms with Crippen LogP contribution in [0.25, 0.3) is 0 Å². The third kappa shape index (κ3) is 1.11. The van der Waals surface area contributed by atoms with E-state index in [1.165, 1.54) is 0 Å². The second-order valence-electron chi connectivity index (χ2n) is 3.64. The van der Waals surface area contributed by atoms with Crippen molar-refractivity contribution in [1.82, 2.24) is 0 Å². The Hall–Kier alpha value is -0.920. The summed E-state index contributed by atoms with van der Waals surface area (Å²) in [6.45, 7) is 0. The molecular weight excluding hydrogens is 152 g/mol. The number of carbonyl (C=O) groups excluding carboxylic acids is 2. The normalized spacial score (nSPS) is 35.0. The number of Topliss-reactive ketones (excluding diaryl/α,β-unsaturated/α-hetero) is 1. The van der Waals surface area contributed by atoms with Gasteiger partial charge in [0.25, 0.3) is 0 Å². The topological polar surface area (TPSA) is 34.1 Å². The van der Waals surface area contributed by atoms with E-state index < -0.39 is 0 Å². The first kappa shape index (κ1) is 7.71. The Labute approximate surface area is 71.6 Å². The highest BCUT2D eigenvalue weighted by atomic mass is 16.1. The molecule has 0 aliphatic heterocycles. The van der Waals surface area contributed by atoms with Gasteiger partial charge in [-0.25, -0.2) is 0 Å². The van der Waals surface area contributed by atoms with E-state index in [4.69, 9.17) is 0 Å². The Morgan fingerprint density at radius 2 is 2.17 bits per heavy atom. The zero-order chi connectivity index (χ0) is 8.55. The van der Waals surface area contributed by atoms with Crippen molar-refractivity contribution < 1.29 is 9.59 Å². The van der Waals surface area contributed by atoms with E-state index in [2.05, 4.69) is 0 Å². The molecule has 2 rings (SSSR count). The number of carbonyl (C=O) groups is 2. The Kier molecular flexibility index (Phi) is 1.83. The minimum absolute atomic E-state index is 0.0379. The second kappa shape index (κ2) is 2.85. The molecule has 0 aromatic carbocycles. The standard InChI is InChI=1S/C10H12O2/c11-8-5-1-3-7-4-2-6-9(12)10(7)8/h1,5,7,10H,2-4,6H2. The molecule has 0 bridgehead atoms. The van der Waals surface area contributed by atoms with Gasteiger partial charge in [0.15, 0.2) is 5.78 Å². The molecule has 12 heavy (non-hydrogen) atoms. The molecule has 0 amide bonds. The highest BCUT2D eigenvalue weighted by molar-refractivity contribution is 6.08. The SMILES string of the molecule is O=C1C=CCC2CCCC(=O)C12. The first-order valence-corrected chi connectivity index (χ1v) is 4.52. The molecule has 2 nitrogen and oxygen atoms in total. The fourth-order valence-electron chi connectivity index (χ4n) is 2.23. The van der Waals surface area contributed by atoms with Gasteiger partial charge in [0.05, 0.1) is 5.92 Å². The van der Waals surface area contributed by atoms with Crippen LogP contribution in [0, 0.1) is 11.8 Å². The fourth-order valence-corrected chi connectivity index (χ4v) is 2.23. The summed E-state index contributed by atoms with van der Waals surface area (Å²) in [4.78, 5) is 22.7. The third-order valence-corrected chi connectivity index (χ3v) is 2.84. The number of ketones is 2. The van der Waals surface area contributed by atoms with E-state index in [9.17, 15) is 9.59 Å². The van der Waals surface area contributed by atoms with Crippen LogP contribution in [0.15, 0.2) is 12.2 Å². The highest BCUT2D eigenvalue weighted by Gasteiger charge is 2.36. The molecule has 2 aliphatic rings. The lowest BCUT2D eigenvalue weighted by Gasteiger charge is -2.29. The van der Waals surface area contributed by atoms with Crippen molar-refractivity contribution >= 4 is 11.6 Å². The largest absolute Gasteiger partial charge is 0.299 e. The summed E-state index contributed by atoms with van der Waals surface area (Å²) in [5, 5.41) is 0. The van der Waals surface area contributed by atoms with E-state index in [-0.39, 0.29) is 17.5 Å². The molecule has 0 aromatic rings. The van der Waals surface area contributed by atoms with E-state index >= 15 is 0 Å². The highest BCUT2D eigenvalue weighted by Crippen LogP contribution is 2.33. The minimum Gasteiger partial charge on any atom is -0.299 e. The monoisotopic (exact) mass is 164 g/mol. The summed E-state index contributed by atoms with van der Waals surface area (Å²) in [6, 6.07) is 0. The van der Waals surface area contributed by atoms with Crippen LogP contribution in [0.1, 0.15) is 25.7 Å². The predicted octanol–water partition coefficient (Wildman–Crippen LogP) is 1.50. The molecule has 2 unspecified atom stereocenters. The van der Waals surface area contributed by atoms with Gasteiger partial charge in [-0.15, -0.1) is 0 Å². The lowest BCUT2D eigenvalue weighted by atomic mass is 9.72. The maximum absolute atomic E-state index is 11.4. The average Bonchev–Trinajstić information content (AvgIpc) is 2.04. The molecule has 0 radical (unpaired) electrons. The molecule has 0 aromatic heterocycles. The van der Waals surface area contributed by atoms with Crippen molar-refractivity contribution in [1.29, 1.82) is 0 Å². The van der Waals surface area contributed by atoms with E-state index in [0.717, 1.165) is 19.3 Å². The molecule has 0 N–H and O–H groups in total. The van der Waals surface area contributed by atoms with Gasteiger partial charge >= 0.3 is 0 Å². The lowest BCUT2D eigenvalue weighted by molar-refractivity contribution is -0.134. The molecular formula is C10H12O2. The van der Waals surface area contributed by atoms with Gasteiger partial charge in [0.1, 0.15) is 5.78 Å². The first-order valence-electron chi connectivity index (χ1n) is 4.52. The first-order chi connectivity index (χ1) is 5.79. The van der Waals surface area contributed by atoms with Gasteiger partial charge in [0, 0.05) is 6.42 Å². The minimum atomic E-state index is -0.274. The Balaban J connectivity index is 2.26. The van der Waals surface area contributed by atoms with E-state index in [1.54, 1.807) is 6.08 Å². The van der Waals surface area contributed by atoms with Crippen LogP contribution in [0.5, 0.6) is 0 Å². The van der Waals surface area contributed by atoms with Crippen LogP contribution in [0.3, 0.4) is 0 Å². The number of rotatable bonds is 0. The van der Waals surface area contributed by atoms with Gasteiger partial charge in [-0.1, -0.05) is 6.08 Å². The molecule has 64 valence electrons. The summed E-state index contributed by atoms with van der Waals surface area (Å²) in [7, 11) is 0. The summed E-state index contributed by atoms with van der Waals surface area (Å²) in [6.07, 6.45) is 7.03. The summed E-state index contributed by atoms with van der Waals surface area (Å²) < 4.78 is 0. The Morgan fingerprint density at radius 1 is 1.33 bits per heavy atom. The van der Waals surface area contributed by atoms with Crippen molar-refractivity contribution in [3.05, 3.63) is 12.2 Å². The van der Waals surface area contributed by atoms with Crippen molar-refractivity contribution in [2.75, 3.05) is 0 Å². The van der Waals surface area contributed by atoms with Crippen LogP contribution in [-0.2, 0) is 9.59 Å². The van der Waals surface area contributed by atoms with Crippen LogP contribution in [-0.4, -0.2) is 11.6 Å².